The first kappa shape index (κ1) is 24.7. The third kappa shape index (κ3) is 5.90. The van der Waals surface area contributed by atoms with Gasteiger partial charge in [-0.2, -0.15) is 4.37 Å². The second kappa shape index (κ2) is 11.3. The zero-order chi connectivity index (χ0) is 24.7. The minimum atomic E-state index is -0.811. The Morgan fingerprint density at radius 2 is 1.76 bits per heavy atom. The van der Waals surface area contributed by atoms with Gasteiger partial charge >= 0.3 is 0 Å². The molecular weight excluding hydrogens is 454 g/mol. The first-order valence-corrected chi connectivity index (χ1v) is 11.4. The van der Waals surface area contributed by atoms with E-state index in [-0.39, 0.29) is 28.7 Å². The fraction of sp³-hybridized carbons (Fsp3) is 0.250. The fourth-order valence-electron chi connectivity index (χ4n) is 3.35. The van der Waals surface area contributed by atoms with Crippen LogP contribution < -0.4 is 21.5 Å². The van der Waals surface area contributed by atoms with Crippen LogP contribution in [0.2, 0.25) is 0 Å². The van der Waals surface area contributed by atoms with E-state index in [0.717, 1.165) is 28.4 Å². The highest BCUT2D eigenvalue weighted by Gasteiger charge is 2.30. The first-order chi connectivity index (χ1) is 16.3. The Morgan fingerprint density at radius 1 is 1.09 bits per heavy atom. The van der Waals surface area contributed by atoms with Gasteiger partial charge in [-0.15, -0.1) is 0 Å². The zero-order valence-electron chi connectivity index (χ0n) is 19.0. The van der Waals surface area contributed by atoms with E-state index in [0.29, 0.717) is 13.0 Å². The molecule has 34 heavy (non-hydrogen) atoms. The first-order valence-electron chi connectivity index (χ1n) is 10.6. The summed E-state index contributed by atoms with van der Waals surface area (Å²) in [4.78, 5) is 39.4. The van der Waals surface area contributed by atoms with Gasteiger partial charge in [0.05, 0.1) is 12.8 Å². The smallest absolute Gasteiger partial charge is 0.270 e. The van der Waals surface area contributed by atoms with Crippen LogP contribution in [-0.4, -0.2) is 46.7 Å². The highest BCUT2D eigenvalue weighted by molar-refractivity contribution is 7.09. The van der Waals surface area contributed by atoms with Gasteiger partial charge in [0.15, 0.2) is 5.69 Å². The van der Waals surface area contributed by atoms with Gasteiger partial charge < -0.3 is 26.4 Å². The molecule has 1 aromatic heterocycles. The molecule has 5 N–H and O–H groups in total. The van der Waals surface area contributed by atoms with E-state index in [2.05, 4.69) is 9.69 Å². The number of carbonyl (C=O) groups excluding carboxylic acids is 3. The predicted molar refractivity (Wildman–Crippen MR) is 131 cm³/mol. The number of nitrogen functional groups attached to an aromatic ring is 1. The van der Waals surface area contributed by atoms with E-state index in [1.54, 1.807) is 14.0 Å². The summed E-state index contributed by atoms with van der Waals surface area (Å²) in [6.07, 6.45) is 0.532. The van der Waals surface area contributed by atoms with Crippen LogP contribution in [0.15, 0.2) is 54.6 Å². The van der Waals surface area contributed by atoms with Crippen molar-refractivity contribution in [3.63, 3.8) is 0 Å². The molecule has 0 saturated carbocycles. The molecule has 9 nitrogen and oxygen atoms in total. The van der Waals surface area contributed by atoms with Crippen LogP contribution in [0.25, 0.3) is 0 Å². The van der Waals surface area contributed by atoms with Crippen LogP contribution in [-0.2, 0) is 17.8 Å². The molecule has 0 fully saturated rings. The van der Waals surface area contributed by atoms with Gasteiger partial charge in [-0.3, -0.25) is 14.4 Å². The lowest BCUT2D eigenvalue weighted by atomic mass is 10.1. The maximum atomic E-state index is 13.4. The number of aromatic nitrogens is 1. The molecule has 0 radical (unpaired) electrons. The third-order valence-electron chi connectivity index (χ3n) is 5.37. The van der Waals surface area contributed by atoms with Gasteiger partial charge in [0, 0.05) is 13.1 Å². The van der Waals surface area contributed by atoms with E-state index in [1.165, 1.54) is 4.90 Å². The monoisotopic (exact) mass is 481 g/mol. The second-order valence-electron chi connectivity index (χ2n) is 7.61. The molecule has 3 amide bonds. The Bertz CT molecular complexity index is 1150. The number of carbonyl (C=O) groups is 3. The van der Waals surface area contributed by atoms with E-state index >= 15 is 0 Å². The van der Waals surface area contributed by atoms with Crippen molar-refractivity contribution in [3.05, 3.63) is 76.3 Å². The quantitative estimate of drug-likeness (QED) is 0.406. The van der Waals surface area contributed by atoms with Crippen LogP contribution in [0.3, 0.4) is 0 Å². The molecule has 3 rings (SSSR count). The molecule has 1 heterocycles. The van der Waals surface area contributed by atoms with Crippen molar-refractivity contribution in [2.75, 3.05) is 19.4 Å². The molecule has 0 spiro atoms. The van der Waals surface area contributed by atoms with Gasteiger partial charge in [-0.05, 0) is 48.1 Å². The highest BCUT2D eigenvalue weighted by Crippen LogP contribution is 2.24. The Hall–Kier alpha value is -3.92. The number of anilines is 1. The molecule has 1 atom stereocenters. The fourth-order valence-corrected chi connectivity index (χ4v) is 4.11. The van der Waals surface area contributed by atoms with Gasteiger partial charge in [0.1, 0.15) is 16.7 Å². The van der Waals surface area contributed by atoms with Gasteiger partial charge in [-0.25, -0.2) is 0 Å². The minimum absolute atomic E-state index is 0.0712. The van der Waals surface area contributed by atoms with Gasteiger partial charge in [0.2, 0.25) is 5.91 Å². The van der Waals surface area contributed by atoms with E-state index in [1.807, 2.05) is 54.6 Å². The lowest BCUT2D eigenvalue weighted by Gasteiger charge is -2.28. The van der Waals surface area contributed by atoms with Crippen molar-refractivity contribution in [1.29, 1.82) is 0 Å². The largest absolute Gasteiger partial charge is 0.497 e. The van der Waals surface area contributed by atoms with Crippen LogP contribution in [0.5, 0.6) is 5.75 Å². The topological polar surface area (TPSA) is 141 Å². The molecule has 0 unspecified atom stereocenters. The average Bonchev–Trinajstić information content (AvgIpc) is 3.24. The van der Waals surface area contributed by atoms with E-state index in [4.69, 9.17) is 16.2 Å². The standard InChI is InChI=1S/C24H27N5O4S/c1-15(23(31)27-14-17-8-10-18(33-2)11-9-17)29(13-12-16-6-4-3-5-7-16)24(32)21-19(25)20(22(26)30)28-34-21/h3-11,15H,12-14,25H2,1-2H3,(H2,26,30)(H,27,31)/t15-/m0/s1. The average molecular weight is 482 g/mol. The molecule has 178 valence electrons. The van der Waals surface area contributed by atoms with Crippen molar-refractivity contribution in [3.8, 4) is 5.75 Å². The number of primary amides is 1. The summed E-state index contributed by atoms with van der Waals surface area (Å²) in [5.74, 6) is -0.895. The lowest BCUT2D eigenvalue weighted by molar-refractivity contribution is -0.125. The summed E-state index contributed by atoms with van der Waals surface area (Å²) in [7, 11) is 1.59. The SMILES string of the molecule is COc1ccc(CNC(=O)[C@H](C)N(CCc2ccccc2)C(=O)c2snc(C(N)=O)c2N)cc1. The molecule has 0 aliphatic rings. The maximum Gasteiger partial charge on any atom is 0.270 e. The van der Waals surface area contributed by atoms with Crippen molar-refractivity contribution >= 4 is 34.9 Å². The van der Waals surface area contributed by atoms with Crippen molar-refractivity contribution in [2.24, 2.45) is 5.73 Å². The minimum Gasteiger partial charge on any atom is -0.497 e. The van der Waals surface area contributed by atoms with Gasteiger partial charge in [0.25, 0.3) is 11.8 Å². The van der Waals surface area contributed by atoms with E-state index < -0.39 is 17.9 Å². The second-order valence-corrected chi connectivity index (χ2v) is 8.39. The molecule has 0 aliphatic carbocycles. The van der Waals surface area contributed by atoms with Crippen LogP contribution in [0.1, 0.15) is 38.2 Å². The van der Waals surface area contributed by atoms with Gasteiger partial charge in [-0.1, -0.05) is 42.5 Å². The predicted octanol–water partition coefficient (Wildman–Crippen LogP) is 2.22. The van der Waals surface area contributed by atoms with Crippen LogP contribution >= 0.6 is 11.5 Å². The Labute approximate surface area is 201 Å². The molecular formula is C24H27N5O4S. The van der Waals surface area contributed by atoms with E-state index in [9.17, 15) is 14.4 Å². The summed E-state index contributed by atoms with van der Waals surface area (Å²) < 4.78 is 9.06. The summed E-state index contributed by atoms with van der Waals surface area (Å²) in [5, 5.41) is 2.87. The molecule has 0 bridgehead atoms. The number of hydrogen-bond acceptors (Lipinski definition) is 7. The number of nitrogens with one attached hydrogen (secondary N) is 1. The third-order valence-corrected chi connectivity index (χ3v) is 6.22. The number of nitrogens with zero attached hydrogens (tertiary/aromatic N) is 2. The number of rotatable bonds is 10. The Morgan fingerprint density at radius 3 is 2.35 bits per heavy atom. The van der Waals surface area contributed by atoms with Crippen molar-refractivity contribution in [1.82, 2.24) is 14.6 Å². The lowest BCUT2D eigenvalue weighted by Crippen LogP contribution is -2.48. The van der Waals surface area contributed by atoms with Crippen molar-refractivity contribution in [2.45, 2.75) is 25.9 Å². The number of ether oxygens (including phenoxy) is 1. The Balaban J connectivity index is 1.77. The van der Waals surface area contributed by atoms with Crippen LogP contribution in [0, 0.1) is 0 Å². The summed E-state index contributed by atoms with van der Waals surface area (Å²) >= 11 is 0.795. The number of nitrogens with two attached hydrogens (primary N) is 2. The highest BCUT2D eigenvalue weighted by atomic mass is 32.1. The summed E-state index contributed by atoms with van der Waals surface area (Å²) in [5.41, 5.74) is 13.0. The summed E-state index contributed by atoms with van der Waals surface area (Å²) in [6, 6.07) is 16.1. The maximum absolute atomic E-state index is 13.4. The molecule has 0 saturated heterocycles. The zero-order valence-corrected chi connectivity index (χ0v) is 19.8. The van der Waals surface area contributed by atoms with Crippen molar-refractivity contribution < 1.29 is 19.1 Å². The summed E-state index contributed by atoms with van der Waals surface area (Å²) in [6.45, 7) is 2.21. The molecule has 3 aromatic rings. The number of methoxy groups -OCH3 is 1. The molecule has 2 aromatic carbocycles. The normalized spacial score (nSPS) is 11.5. The molecule has 10 heteroatoms. The number of amides is 3. The van der Waals surface area contributed by atoms with Crippen LogP contribution in [0.4, 0.5) is 5.69 Å². The number of hydrogen-bond donors (Lipinski definition) is 3. The number of benzene rings is 2. The molecule has 0 aliphatic heterocycles. The Kier molecular flexibility index (Phi) is 8.20.